The fourth-order valence-electron chi connectivity index (χ4n) is 3.59. The number of hydrogen-bond acceptors (Lipinski definition) is 4. The third kappa shape index (κ3) is 3.12. The van der Waals surface area contributed by atoms with Crippen LogP contribution in [0.25, 0.3) is 0 Å². The van der Waals surface area contributed by atoms with E-state index in [2.05, 4.69) is 11.8 Å². The van der Waals surface area contributed by atoms with Crippen LogP contribution in [-0.4, -0.2) is 55.4 Å². The third-order valence-electron chi connectivity index (χ3n) is 4.88. The Morgan fingerprint density at radius 3 is 2.65 bits per heavy atom. The van der Waals surface area contributed by atoms with E-state index in [1.807, 2.05) is 13.0 Å². The van der Waals surface area contributed by atoms with Crippen molar-refractivity contribution in [3.8, 4) is 0 Å². The highest BCUT2D eigenvalue weighted by Crippen LogP contribution is 2.33. The van der Waals surface area contributed by atoms with Crippen molar-refractivity contribution in [1.82, 2.24) is 4.90 Å². The van der Waals surface area contributed by atoms with Crippen molar-refractivity contribution < 1.29 is 13.2 Å². The van der Waals surface area contributed by atoms with Crippen LogP contribution in [0, 0.1) is 0 Å². The predicted octanol–water partition coefficient (Wildman–Crippen LogP) is 1.95. The predicted molar refractivity (Wildman–Crippen MR) is 91.6 cm³/mol. The zero-order valence-electron chi connectivity index (χ0n) is 13.3. The van der Waals surface area contributed by atoms with Gasteiger partial charge in [0, 0.05) is 22.8 Å². The normalized spacial score (nSPS) is 28.7. The quantitative estimate of drug-likeness (QED) is 0.830. The van der Waals surface area contributed by atoms with Crippen LogP contribution < -0.4 is 4.90 Å². The van der Waals surface area contributed by atoms with E-state index in [-0.39, 0.29) is 42.1 Å². The average molecular weight is 357 g/mol. The highest BCUT2D eigenvalue weighted by Gasteiger charge is 2.50. The molecule has 2 heterocycles. The Morgan fingerprint density at radius 2 is 2.00 bits per heavy atom. The highest BCUT2D eigenvalue weighted by molar-refractivity contribution is 7.91. The number of sulfone groups is 1. The van der Waals surface area contributed by atoms with Gasteiger partial charge < -0.3 is 4.90 Å². The number of fused-ring (bicyclic) bond motifs is 1. The average Bonchev–Trinajstić information content (AvgIpc) is 2.80. The van der Waals surface area contributed by atoms with Gasteiger partial charge >= 0.3 is 0 Å². The molecule has 0 N–H and O–H groups in total. The Balaban J connectivity index is 2.01. The molecule has 1 aromatic carbocycles. The second kappa shape index (κ2) is 6.07. The van der Waals surface area contributed by atoms with Crippen molar-refractivity contribution in [3.05, 3.63) is 29.3 Å². The van der Waals surface area contributed by atoms with Crippen LogP contribution in [-0.2, 0) is 14.6 Å². The van der Waals surface area contributed by atoms with E-state index in [0.717, 1.165) is 6.42 Å². The monoisotopic (exact) mass is 356 g/mol. The molecule has 23 heavy (non-hydrogen) atoms. The van der Waals surface area contributed by atoms with Gasteiger partial charge in [0.1, 0.15) is 0 Å². The number of amides is 1. The molecular formula is C16H21ClN2O3S. The number of piperazine rings is 1. The number of rotatable bonds is 3. The summed E-state index contributed by atoms with van der Waals surface area (Å²) in [6.45, 7) is 4.35. The summed E-state index contributed by atoms with van der Waals surface area (Å²) in [5.74, 6) is 0.0702. The highest BCUT2D eigenvalue weighted by atomic mass is 35.5. The molecule has 0 aliphatic carbocycles. The molecule has 2 fully saturated rings. The summed E-state index contributed by atoms with van der Waals surface area (Å²) in [5, 5.41) is 0.539. The van der Waals surface area contributed by atoms with E-state index in [1.54, 1.807) is 23.1 Å². The van der Waals surface area contributed by atoms with Gasteiger partial charge in [-0.25, -0.2) is 8.42 Å². The maximum Gasteiger partial charge on any atom is 0.241 e. The molecule has 3 atom stereocenters. The second-order valence-electron chi connectivity index (χ2n) is 6.38. The van der Waals surface area contributed by atoms with Gasteiger partial charge in [0.15, 0.2) is 9.84 Å². The largest absolute Gasteiger partial charge is 0.306 e. The standard InChI is InChI=1S/C16H21ClN2O3S/c1-3-11(2)18-8-16(20)19(13-6-4-5-12(17)7-13)15-10-23(21,22)9-14(15)18/h4-7,11,14-15H,3,8-10H2,1-2H3. The molecule has 5 nitrogen and oxygen atoms in total. The lowest BCUT2D eigenvalue weighted by Crippen LogP contribution is -2.63. The molecule has 2 aliphatic heterocycles. The molecule has 3 unspecified atom stereocenters. The van der Waals surface area contributed by atoms with Crippen LogP contribution in [0.4, 0.5) is 5.69 Å². The number of benzene rings is 1. The topological polar surface area (TPSA) is 57.7 Å². The maximum atomic E-state index is 12.7. The number of halogens is 1. The smallest absolute Gasteiger partial charge is 0.241 e. The molecule has 0 bridgehead atoms. The van der Waals surface area contributed by atoms with Crippen LogP contribution in [0.15, 0.2) is 24.3 Å². The molecule has 0 spiro atoms. The number of hydrogen-bond donors (Lipinski definition) is 0. The van der Waals surface area contributed by atoms with E-state index < -0.39 is 9.84 Å². The first kappa shape index (κ1) is 16.7. The first-order valence-electron chi connectivity index (χ1n) is 7.86. The molecule has 126 valence electrons. The third-order valence-corrected chi connectivity index (χ3v) is 6.81. The SMILES string of the molecule is CCC(C)N1CC(=O)N(c2cccc(Cl)c2)C2CS(=O)(=O)CC21. The molecule has 0 aromatic heterocycles. The number of carbonyl (C=O) groups excluding carboxylic acids is 1. The number of nitrogens with zero attached hydrogens (tertiary/aromatic N) is 2. The fraction of sp³-hybridized carbons (Fsp3) is 0.562. The summed E-state index contributed by atoms with van der Waals surface area (Å²) in [5.41, 5.74) is 0.679. The second-order valence-corrected chi connectivity index (χ2v) is 8.98. The minimum absolute atomic E-state index is 0.0167. The lowest BCUT2D eigenvalue weighted by Gasteiger charge is -2.45. The van der Waals surface area contributed by atoms with Gasteiger partial charge in [0.2, 0.25) is 5.91 Å². The fourth-order valence-corrected chi connectivity index (χ4v) is 5.73. The van der Waals surface area contributed by atoms with Crippen LogP contribution >= 0.6 is 11.6 Å². The van der Waals surface area contributed by atoms with Gasteiger partial charge in [-0.3, -0.25) is 9.69 Å². The molecule has 3 rings (SSSR count). The van der Waals surface area contributed by atoms with E-state index in [0.29, 0.717) is 10.7 Å². The molecule has 0 radical (unpaired) electrons. The van der Waals surface area contributed by atoms with Crippen molar-refractivity contribution in [2.24, 2.45) is 0 Å². The lowest BCUT2D eigenvalue weighted by atomic mass is 10.0. The summed E-state index contributed by atoms with van der Waals surface area (Å²) in [7, 11) is -3.15. The van der Waals surface area contributed by atoms with Crippen molar-refractivity contribution >= 4 is 33.0 Å². The van der Waals surface area contributed by atoms with E-state index in [1.165, 1.54) is 0 Å². The number of anilines is 1. The summed E-state index contributed by atoms with van der Waals surface area (Å²) in [6, 6.07) is 6.75. The van der Waals surface area contributed by atoms with Gasteiger partial charge in [0.05, 0.1) is 24.1 Å². The van der Waals surface area contributed by atoms with Crippen molar-refractivity contribution in [1.29, 1.82) is 0 Å². The first-order chi connectivity index (χ1) is 10.8. The summed E-state index contributed by atoms with van der Waals surface area (Å²) in [6.07, 6.45) is 0.883. The Kier molecular flexibility index (Phi) is 4.42. The summed E-state index contributed by atoms with van der Waals surface area (Å²) >= 11 is 6.05. The zero-order chi connectivity index (χ0) is 16.8. The Bertz CT molecular complexity index is 722. The molecule has 0 saturated carbocycles. The van der Waals surface area contributed by atoms with Crippen LogP contribution in [0.5, 0.6) is 0 Å². The lowest BCUT2D eigenvalue weighted by molar-refractivity contribution is -0.124. The van der Waals surface area contributed by atoms with Gasteiger partial charge in [-0.15, -0.1) is 0 Å². The number of carbonyl (C=O) groups is 1. The molecule has 1 amide bonds. The summed E-state index contributed by atoms with van der Waals surface area (Å²) in [4.78, 5) is 16.4. The van der Waals surface area contributed by atoms with Crippen molar-refractivity contribution in [2.45, 2.75) is 38.4 Å². The van der Waals surface area contributed by atoms with Crippen LogP contribution in [0.1, 0.15) is 20.3 Å². The summed E-state index contributed by atoms with van der Waals surface area (Å²) < 4.78 is 24.4. The van der Waals surface area contributed by atoms with Crippen molar-refractivity contribution in [2.75, 3.05) is 23.0 Å². The van der Waals surface area contributed by atoms with Gasteiger partial charge in [-0.1, -0.05) is 24.6 Å². The molecule has 2 aliphatic rings. The van der Waals surface area contributed by atoms with E-state index in [9.17, 15) is 13.2 Å². The first-order valence-corrected chi connectivity index (χ1v) is 10.1. The van der Waals surface area contributed by atoms with Crippen molar-refractivity contribution in [3.63, 3.8) is 0 Å². The Hall–Kier alpha value is -1.11. The minimum atomic E-state index is -3.15. The zero-order valence-corrected chi connectivity index (χ0v) is 14.8. The van der Waals surface area contributed by atoms with E-state index in [4.69, 9.17) is 11.6 Å². The van der Waals surface area contributed by atoms with E-state index >= 15 is 0 Å². The van der Waals surface area contributed by atoms with Gasteiger partial charge in [0.25, 0.3) is 0 Å². The molecule has 2 saturated heterocycles. The minimum Gasteiger partial charge on any atom is -0.306 e. The molecular weight excluding hydrogens is 336 g/mol. The maximum absolute atomic E-state index is 12.7. The van der Waals surface area contributed by atoms with Crippen LogP contribution in [0.2, 0.25) is 5.02 Å². The van der Waals surface area contributed by atoms with Gasteiger partial charge in [-0.05, 0) is 31.5 Å². The molecule has 7 heteroatoms. The van der Waals surface area contributed by atoms with Crippen LogP contribution in [0.3, 0.4) is 0 Å². The van der Waals surface area contributed by atoms with Gasteiger partial charge in [-0.2, -0.15) is 0 Å². The molecule has 1 aromatic rings. The Morgan fingerprint density at radius 1 is 1.30 bits per heavy atom. The Labute approximate surface area is 142 Å².